The van der Waals surface area contributed by atoms with Crippen LogP contribution in [0.2, 0.25) is 5.02 Å². The van der Waals surface area contributed by atoms with Crippen LogP contribution in [0.1, 0.15) is 41.8 Å². The summed E-state index contributed by atoms with van der Waals surface area (Å²) in [5, 5.41) is 4.83. The molecule has 1 aliphatic rings. The lowest BCUT2D eigenvalue weighted by Crippen LogP contribution is -2.27. The maximum absolute atomic E-state index is 12.2. The van der Waals surface area contributed by atoms with Gasteiger partial charge in [0.25, 0.3) is 0 Å². The molecule has 1 aromatic heterocycles. The molecular formula is C18H17BrClNO2S2. The summed E-state index contributed by atoms with van der Waals surface area (Å²) in [6.45, 7) is 4.41. The van der Waals surface area contributed by atoms with Crippen LogP contribution >= 0.6 is 50.6 Å². The molecule has 25 heavy (non-hydrogen) atoms. The Hall–Kier alpha value is -0.820. The Morgan fingerprint density at radius 3 is 2.64 bits per heavy atom. The SMILES string of the molecule is CSc1sc(Br)c2c1/C(=N\OC(=O)c1ccc(Cl)cc1)CC(C)(C)C2. The molecule has 1 aromatic carbocycles. The number of oxime groups is 1. The van der Waals surface area contributed by atoms with Gasteiger partial charge < -0.3 is 4.84 Å². The fourth-order valence-corrected chi connectivity index (χ4v) is 6.01. The summed E-state index contributed by atoms with van der Waals surface area (Å²) in [7, 11) is 0. The van der Waals surface area contributed by atoms with Crippen LogP contribution in [0, 0.1) is 5.41 Å². The summed E-state index contributed by atoms with van der Waals surface area (Å²) in [5.74, 6) is -0.478. The predicted molar refractivity (Wildman–Crippen MR) is 109 cm³/mol. The van der Waals surface area contributed by atoms with Gasteiger partial charge >= 0.3 is 5.97 Å². The normalized spacial score (nSPS) is 17.4. The van der Waals surface area contributed by atoms with Gasteiger partial charge in [-0.25, -0.2) is 4.79 Å². The van der Waals surface area contributed by atoms with Gasteiger partial charge in [0.15, 0.2) is 0 Å². The van der Waals surface area contributed by atoms with Crippen LogP contribution in [0.3, 0.4) is 0 Å². The zero-order valence-electron chi connectivity index (χ0n) is 14.1. The van der Waals surface area contributed by atoms with Gasteiger partial charge in [0, 0.05) is 10.6 Å². The van der Waals surface area contributed by atoms with Crippen molar-refractivity contribution >= 4 is 62.3 Å². The van der Waals surface area contributed by atoms with Crippen molar-refractivity contribution in [3.05, 3.63) is 49.8 Å². The highest BCUT2D eigenvalue weighted by Gasteiger charge is 2.35. The van der Waals surface area contributed by atoms with Crippen LogP contribution in [0.15, 0.2) is 37.4 Å². The molecule has 0 saturated carbocycles. The maximum Gasteiger partial charge on any atom is 0.365 e. The molecule has 1 heterocycles. The molecule has 0 atom stereocenters. The Bertz CT molecular complexity index is 844. The van der Waals surface area contributed by atoms with E-state index in [9.17, 15) is 4.79 Å². The largest absolute Gasteiger partial charge is 0.365 e. The van der Waals surface area contributed by atoms with Crippen molar-refractivity contribution < 1.29 is 9.63 Å². The van der Waals surface area contributed by atoms with Gasteiger partial charge in [0.2, 0.25) is 0 Å². The van der Waals surface area contributed by atoms with Gasteiger partial charge in [0.1, 0.15) is 0 Å². The molecule has 2 aromatic rings. The van der Waals surface area contributed by atoms with Gasteiger partial charge in [-0.05, 0) is 70.3 Å². The van der Waals surface area contributed by atoms with Crippen LogP contribution in [0.4, 0.5) is 0 Å². The third-order valence-corrected chi connectivity index (χ3v) is 7.38. The average Bonchev–Trinajstić information content (AvgIpc) is 2.88. The molecular weight excluding hydrogens is 442 g/mol. The second kappa shape index (κ2) is 7.43. The Morgan fingerprint density at radius 1 is 1.32 bits per heavy atom. The quantitative estimate of drug-likeness (QED) is 0.302. The number of thioether (sulfide) groups is 1. The first-order valence-corrected chi connectivity index (χ1v) is 10.9. The van der Waals surface area contributed by atoms with Crippen LogP contribution in [0.5, 0.6) is 0 Å². The lowest BCUT2D eigenvalue weighted by Gasteiger charge is -2.30. The van der Waals surface area contributed by atoms with E-state index in [1.807, 2.05) is 0 Å². The number of halogens is 2. The lowest BCUT2D eigenvalue weighted by atomic mass is 9.75. The molecule has 0 unspecified atom stereocenters. The summed E-state index contributed by atoms with van der Waals surface area (Å²) in [6.07, 6.45) is 3.80. The minimum Gasteiger partial charge on any atom is -0.313 e. The van der Waals surface area contributed by atoms with E-state index in [1.54, 1.807) is 47.4 Å². The molecule has 0 amide bonds. The molecule has 1 aliphatic carbocycles. The Balaban J connectivity index is 1.92. The van der Waals surface area contributed by atoms with Crippen molar-refractivity contribution in [3.63, 3.8) is 0 Å². The number of thiophene rings is 1. The first-order valence-electron chi connectivity index (χ1n) is 7.70. The number of carbonyl (C=O) groups excluding carboxylic acids is 1. The average molecular weight is 459 g/mol. The number of nitrogens with zero attached hydrogens (tertiary/aromatic N) is 1. The molecule has 0 radical (unpaired) electrons. The fraction of sp³-hybridized carbons (Fsp3) is 0.333. The molecule has 0 spiro atoms. The van der Waals surface area contributed by atoms with Crippen molar-refractivity contribution in [1.29, 1.82) is 0 Å². The van der Waals surface area contributed by atoms with E-state index in [2.05, 4.69) is 41.2 Å². The molecule has 3 rings (SSSR count). The molecule has 0 N–H and O–H groups in total. The Labute approximate surface area is 168 Å². The lowest BCUT2D eigenvalue weighted by molar-refractivity contribution is 0.0514. The second-order valence-corrected chi connectivity index (χ2v) is 10.5. The smallest absolute Gasteiger partial charge is 0.313 e. The van der Waals surface area contributed by atoms with E-state index in [0.717, 1.165) is 27.9 Å². The topological polar surface area (TPSA) is 38.7 Å². The van der Waals surface area contributed by atoms with Gasteiger partial charge in [-0.15, -0.1) is 23.1 Å². The van der Waals surface area contributed by atoms with Gasteiger partial charge in [0.05, 0.1) is 19.3 Å². The van der Waals surface area contributed by atoms with Crippen molar-refractivity contribution in [2.45, 2.75) is 30.9 Å². The predicted octanol–water partition coefficient (Wildman–Crippen LogP) is 6.42. The van der Waals surface area contributed by atoms with E-state index in [4.69, 9.17) is 16.4 Å². The molecule has 0 aliphatic heterocycles. The van der Waals surface area contributed by atoms with Crippen LogP contribution in [-0.4, -0.2) is 17.9 Å². The first-order chi connectivity index (χ1) is 11.8. The third-order valence-electron chi connectivity index (χ3n) is 4.02. The van der Waals surface area contributed by atoms with Crippen molar-refractivity contribution in [2.24, 2.45) is 10.6 Å². The fourth-order valence-electron chi connectivity index (χ4n) is 2.90. The monoisotopic (exact) mass is 457 g/mol. The van der Waals surface area contributed by atoms with Gasteiger partial charge in [-0.1, -0.05) is 30.6 Å². The van der Waals surface area contributed by atoms with Crippen molar-refractivity contribution in [3.8, 4) is 0 Å². The number of benzene rings is 1. The van der Waals surface area contributed by atoms with Crippen LogP contribution in [-0.2, 0) is 11.3 Å². The molecule has 3 nitrogen and oxygen atoms in total. The molecule has 132 valence electrons. The molecule has 7 heteroatoms. The highest BCUT2D eigenvalue weighted by Crippen LogP contribution is 2.46. The maximum atomic E-state index is 12.2. The van der Waals surface area contributed by atoms with E-state index < -0.39 is 5.97 Å². The van der Waals surface area contributed by atoms with Gasteiger partial charge in [-0.2, -0.15) is 0 Å². The zero-order valence-corrected chi connectivity index (χ0v) is 18.0. The van der Waals surface area contributed by atoms with Gasteiger partial charge in [-0.3, -0.25) is 0 Å². The summed E-state index contributed by atoms with van der Waals surface area (Å²) >= 11 is 12.9. The van der Waals surface area contributed by atoms with Crippen LogP contribution in [0.25, 0.3) is 0 Å². The number of fused-ring (bicyclic) bond motifs is 1. The first kappa shape index (κ1) is 19.0. The standard InChI is InChI=1S/C18H17BrClNO2S2/c1-18(2)8-12-14(17(24-3)25-15(12)19)13(9-18)21-23-16(22)10-4-6-11(20)7-5-10/h4-7H,8-9H2,1-3H3/b21-13-. The highest BCUT2D eigenvalue weighted by atomic mass is 79.9. The molecule has 0 saturated heterocycles. The van der Waals surface area contributed by atoms with Crippen LogP contribution < -0.4 is 0 Å². The van der Waals surface area contributed by atoms with E-state index >= 15 is 0 Å². The van der Waals surface area contributed by atoms with E-state index in [1.165, 1.54) is 9.77 Å². The molecule has 0 bridgehead atoms. The minimum atomic E-state index is -0.478. The Morgan fingerprint density at radius 2 is 2.00 bits per heavy atom. The summed E-state index contributed by atoms with van der Waals surface area (Å²) < 4.78 is 2.33. The highest BCUT2D eigenvalue weighted by molar-refractivity contribution is 9.11. The van der Waals surface area contributed by atoms with E-state index in [-0.39, 0.29) is 5.41 Å². The molecule has 0 fully saturated rings. The van der Waals surface area contributed by atoms with Crippen molar-refractivity contribution in [1.82, 2.24) is 0 Å². The number of hydrogen-bond donors (Lipinski definition) is 0. The number of rotatable bonds is 3. The minimum absolute atomic E-state index is 0.0672. The Kier molecular flexibility index (Phi) is 5.63. The van der Waals surface area contributed by atoms with E-state index in [0.29, 0.717) is 10.6 Å². The summed E-state index contributed by atoms with van der Waals surface area (Å²) in [5.41, 5.74) is 3.71. The van der Waals surface area contributed by atoms with Crippen molar-refractivity contribution in [2.75, 3.05) is 6.26 Å². The number of carbonyl (C=O) groups is 1. The zero-order chi connectivity index (χ0) is 18.2. The third kappa shape index (κ3) is 4.13. The summed E-state index contributed by atoms with van der Waals surface area (Å²) in [4.78, 5) is 17.5. The second-order valence-electron chi connectivity index (χ2n) is 6.66. The summed E-state index contributed by atoms with van der Waals surface area (Å²) in [6, 6.07) is 6.59. The number of hydrogen-bond acceptors (Lipinski definition) is 5.